The number of aromatic nitrogens is 1. The predicted molar refractivity (Wildman–Crippen MR) is 330 cm³/mol. The molecule has 2 aliphatic rings. The molecule has 0 amide bonds. The third-order valence-electron chi connectivity index (χ3n) is 16.0. The summed E-state index contributed by atoms with van der Waals surface area (Å²) < 4.78 is 2.46. The van der Waals surface area contributed by atoms with Crippen molar-refractivity contribution < 1.29 is 0 Å². The van der Waals surface area contributed by atoms with Gasteiger partial charge >= 0.3 is 0 Å². The first-order valence-corrected chi connectivity index (χ1v) is 27.0. The number of nitrogens with zero attached hydrogens (tertiary/aromatic N) is 4. The van der Waals surface area contributed by atoms with E-state index in [1.807, 2.05) is 0 Å². The van der Waals surface area contributed by atoms with Gasteiger partial charge in [-0.3, -0.25) is 0 Å². The van der Waals surface area contributed by atoms with Crippen molar-refractivity contribution >= 4 is 90.4 Å². The molecule has 0 saturated carbocycles. The summed E-state index contributed by atoms with van der Waals surface area (Å²) in [5, 5.41) is 2.48. The Morgan fingerprint density at radius 3 is 1.22 bits per heavy atom. The van der Waals surface area contributed by atoms with Crippen LogP contribution in [0.4, 0.5) is 45.5 Å². The van der Waals surface area contributed by atoms with Crippen molar-refractivity contribution in [2.75, 3.05) is 14.7 Å². The van der Waals surface area contributed by atoms with Crippen molar-refractivity contribution in [3.8, 4) is 39.1 Å². The lowest BCUT2D eigenvalue weighted by atomic mass is 9.33. The average Bonchev–Trinajstić information content (AvgIpc) is 3.39. The Bertz CT molecular complexity index is 4280. The first-order chi connectivity index (χ1) is 38.7. The molecular formula is C73H51BN4. The number of hydrogen-bond donors (Lipinski definition) is 0. The topological polar surface area (TPSA) is 14.7 Å². The smallest absolute Gasteiger partial charge is 0.252 e. The minimum Gasteiger partial charge on any atom is -0.337 e. The molecule has 0 fully saturated rings. The molecule has 0 spiro atoms. The Morgan fingerprint density at radius 1 is 0.295 bits per heavy atom. The van der Waals surface area contributed by atoms with Gasteiger partial charge in [0.2, 0.25) is 0 Å². The van der Waals surface area contributed by atoms with Crippen LogP contribution < -0.4 is 31.1 Å². The van der Waals surface area contributed by atoms with E-state index >= 15 is 0 Å². The molecule has 1 aromatic heterocycles. The van der Waals surface area contributed by atoms with Crippen molar-refractivity contribution in [1.82, 2.24) is 4.57 Å². The van der Waals surface area contributed by atoms with Gasteiger partial charge in [0.15, 0.2) is 0 Å². The van der Waals surface area contributed by atoms with Crippen LogP contribution >= 0.6 is 0 Å². The summed E-state index contributed by atoms with van der Waals surface area (Å²) in [4.78, 5) is 7.61. The van der Waals surface area contributed by atoms with E-state index in [1.165, 1.54) is 77.1 Å². The zero-order valence-electron chi connectivity index (χ0n) is 42.9. The first kappa shape index (κ1) is 45.3. The van der Waals surface area contributed by atoms with E-state index in [1.54, 1.807) is 0 Å². The molecule has 0 atom stereocenters. The highest BCUT2D eigenvalue weighted by Gasteiger charge is 2.44. The number of rotatable bonds is 10. The van der Waals surface area contributed by atoms with Crippen molar-refractivity contribution in [1.29, 1.82) is 0 Å². The molecule has 0 bridgehead atoms. The molecule has 0 aliphatic carbocycles. The number of hydrogen-bond acceptors (Lipinski definition) is 3. The minimum atomic E-state index is -0.106. The van der Waals surface area contributed by atoms with E-state index in [-0.39, 0.29) is 6.71 Å². The molecule has 0 unspecified atom stereocenters. The van der Waals surface area contributed by atoms with E-state index in [9.17, 15) is 0 Å². The molecule has 366 valence electrons. The number of anilines is 8. The van der Waals surface area contributed by atoms with Gasteiger partial charge in [0.1, 0.15) is 0 Å². The maximum Gasteiger partial charge on any atom is 0.252 e. The molecule has 13 aromatic rings. The van der Waals surface area contributed by atoms with Crippen LogP contribution in [0.5, 0.6) is 0 Å². The summed E-state index contributed by atoms with van der Waals surface area (Å²) in [6.07, 6.45) is 0. The summed E-state index contributed by atoms with van der Waals surface area (Å²) in [6.45, 7) is 0.567. The van der Waals surface area contributed by atoms with Crippen LogP contribution in [-0.4, -0.2) is 11.3 Å². The predicted octanol–water partition coefficient (Wildman–Crippen LogP) is 17.2. The SMILES string of the molecule is c1ccc(CN(c2ccccc2)c2cc3c4c(c2)N(c2ccc(-c5ccccc5)cc2)c2cc(-n5c6ccccc6c6ccccc65)ccc2B4c2ccc(-c4ccccc4)cc2N3c2ccc(-c3ccccc3)cc2)cc1. The number of fused-ring (bicyclic) bond motifs is 7. The van der Waals surface area contributed by atoms with Crippen LogP contribution in [0.15, 0.2) is 297 Å². The highest BCUT2D eigenvalue weighted by Crippen LogP contribution is 2.49. The molecule has 4 nitrogen and oxygen atoms in total. The molecular weight excluding hydrogens is 944 g/mol. The fraction of sp³-hybridized carbons (Fsp3) is 0.0137. The van der Waals surface area contributed by atoms with Crippen LogP contribution in [0, 0.1) is 0 Å². The van der Waals surface area contributed by atoms with Crippen LogP contribution in [0.2, 0.25) is 0 Å². The molecule has 3 heterocycles. The molecule has 0 saturated heterocycles. The highest BCUT2D eigenvalue weighted by molar-refractivity contribution is 7.00. The zero-order chi connectivity index (χ0) is 51.5. The third kappa shape index (κ3) is 7.70. The quantitative estimate of drug-likeness (QED) is 0.127. The largest absolute Gasteiger partial charge is 0.337 e. The van der Waals surface area contributed by atoms with Crippen LogP contribution in [0.25, 0.3) is 60.9 Å². The van der Waals surface area contributed by atoms with Crippen molar-refractivity contribution in [3.63, 3.8) is 0 Å². The number of benzene rings is 12. The molecule has 2 aliphatic heterocycles. The fourth-order valence-corrected chi connectivity index (χ4v) is 12.4. The lowest BCUT2D eigenvalue weighted by molar-refractivity contribution is 0.974. The minimum absolute atomic E-state index is 0.106. The molecule has 78 heavy (non-hydrogen) atoms. The van der Waals surface area contributed by atoms with Gasteiger partial charge in [-0.1, -0.05) is 218 Å². The lowest BCUT2D eigenvalue weighted by Gasteiger charge is -2.45. The van der Waals surface area contributed by atoms with Crippen LogP contribution in [-0.2, 0) is 6.54 Å². The van der Waals surface area contributed by atoms with Crippen molar-refractivity contribution in [2.24, 2.45) is 0 Å². The van der Waals surface area contributed by atoms with Crippen LogP contribution in [0.3, 0.4) is 0 Å². The normalized spacial score (nSPS) is 12.3. The monoisotopic (exact) mass is 994 g/mol. The highest BCUT2D eigenvalue weighted by atomic mass is 15.2. The van der Waals surface area contributed by atoms with Gasteiger partial charge in [-0.15, -0.1) is 0 Å². The van der Waals surface area contributed by atoms with E-state index in [0.717, 1.165) is 51.2 Å². The molecule has 12 aromatic carbocycles. The average molecular weight is 995 g/mol. The molecule has 0 N–H and O–H groups in total. The second-order valence-electron chi connectivity index (χ2n) is 20.5. The van der Waals surface area contributed by atoms with Gasteiger partial charge < -0.3 is 19.3 Å². The third-order valence-corrected chi connectivity index (χ3v) is 16.0. The second-order valence-corrected chi connectivity index (χ2v) is 20.5. The Kier molecular flexibility index (Phi) is 11.0. The van der Waals surface area contributed by atoms with Crippen LogP contribution in [0.1, 0.15) is 5.56 Å². The van der Waals surface area contributed by atoms with E-state index in [0.29, 0.717) is 6.54 Å². The second kappa shape index (κ2) is 18.9. The summed E-state index contributed by atoms with van der Waals surface area (Å²) in [7, 11) is 0. The summed E-state index contributed by atoms with van der Waals surface area (Å²) in [5.41, 5.74) is 24.6. The maximum absolute atomic E-state index is 2.56. The van der Waals surface area contributed by atoms with Gasteiger partial charge in [-0.25, -0.2) is 0 Å². The van der Waals surface area contributed by atoms with Gasteiger partial charge in [0.05, 0.1) is 11.0 Å². The Balaban J connectivity index is 1.04. The lowest BCUT2D eigenvalue weighted by Crippen LogP contribution is -2.61. The van der Waals surface area contributed by atoms with Gasteiger partial charge in [0.25, 0.3) is 6.71 Å². The van der Waals surface area contributed by atoms with E-state index in [2.05, 4.69) is 317 Å². The molecule has 15 rings (SSSR count). The maximum atomic E-state index is 2.56. The first-order valence-electron chi connectivity index (χ1n) is 27.0. The number of para-hydroxylation sites is 3. The Morgan fingerprint density at radius 2 is 0.692 bits per heavy atom. The summed E-state index contributed by atoms with van der Waals surface area (Å²) in [5.74, 6) is 0. The summed E-state index contributed by atoms with van der Waals surface area (Å²) in [6, 6.07) is 109. The zero-order valence-corrected chi connectivity index (χ0v) is 42.9. The van der Waals surface area contributed by atoms with Gasteiger partial charge in [-0.2, -0.15) is 0 Å². The summed E-state index contributed by atoms with van der Waals surface area (Å²) >= 11 is 0. The molecule has 0 radical (unpaired) electrons. The molecule has 5 heteroatoms. The van der Waals surface area contributed by atoms with Gasteiger partial charge in [-0.05, 0) is 134 Å². The van der Waals surface area contributed by atoms with E-state index in [4.69, 9.17) is 0 Å². The Labute approximate surface area is 455 Å². The van der Waals surface area contributed by atoms with Crippen molar-refractivity contribution in [2.45, 2.75) is 6.54 Å². The van der Waals surface area contributed by atoms with E-state index < -0.39 is 0 Å². The van der Waals surface area contributed by atoms with Gasteiger partial charge in [0, 0.05) is 68.5 Å². The standard InChI is InChI=1S/C73H51BN4/c1-6-20-51(21-7-1)50-75(58-28-14-5-15-29-58)62-48-71-73-72(49-62)77(60-41-36-56(37-42-60)53-24-10-3-11-25-53)70-47-61(78-67-32-18-16-30-63(67)64-31-17-19-33-68(64)78)43-45-66(70)74(73)65-44-38-57(54-26-12-4-13-27-54)46-69(65)76(71)59-39-34-55(35-40-59)52-22-8-2-9-23-52/h1-49H,50H2. The fourth-order valence-electron chi connectivity index (χ4n) is 12.4. The Hall–Kier alpha value is -10.1. The van der Waals surface area contributed by atoms with Crippen molar-refractivity contribution in [3.05, 3.63) is 303 Å².